The quantitative estimate of drug-likeness (QED) is 0.298. The Labute approximate surface area is 203 Å². The Morgan fingerprint density at radius 1 is 1.24 bits per heavy atom. The third kappa shape index (κ3) is 4.71. The summed E-state index contributed by atoms with van der Waals surface area (Å²) in [5, 5.41) is 19.4. The van der Waals surface area contributed by atoms with Crippen molar-refractivity contribution in [1.82, 2.24) is 25.6 Å². The van der Waals surface area contributed by atoms with Crippen LogP contribution in [0.15, 0.2) is 46.7 Å². The summed E-state index contributed by atoms with van der Waals surface area (Å²) in [6.07, 6.45) is 5.50. The van der Waals surface area contributed by atoms with Gasteiger partial charge in [0.05, 0.1) is 16.9 Å². The Morgan fingerprint density at radius 2 is 2.12 bits per heavy atom. The van der Waals surface area contributed by atoms with E-state index in [0.29, 0.717) is 27.8 Å². The van der Waals surface area contributed by atoms with Crippen molar-refractivity contribution in [2.75, 3.05) is 11.6 Å². The first-order chi connectivity index (χ1) is 16.6. The number of thiazole rings is 1. The number of rotatable bonds is 5. The molecule has 2 N–H and O–H groups in total. The standard InChI is InChI=1S/C24H19FN6OS2/c1-33-21-12-16(23-28-30-31-29-23)7-8-17(21)24(32)27-19-11-14(5-9-18(19)25)6-10-22-26-20(13-34-22)15-3-2-4-15/h5,7-9,11-13,15H,2-4H2,1H3,(H,27,32)(H,28,29,30,31). The number of amides is 1. The first kappa shape index (κ1) is 22.3. The molecule has 10 heteroatoms. The van der Waals surface area contributed by atoms with Gasteiger partial charge in [0.15, 0.2) is 5.01 Å². The average molecular weight is 491 g/mol. The Bertz CT molecular complexity index is 1400. The molecule has 0 aliphatic heterocycles. The van der Waals surface area contributed by atoms with Gasteiger partial charge in [0.25, 0.3) is 5.91 Å². The molecule has 0 atom stereocenters. The van der Waals surface area contributed by atoms with Gasteiger partial charge in [-0.05, 0) is 60.6 Å². The minimum Gasteiger partial charge on any atom is -0.319 e. The number of carbonyl (C=O) groups excluding carboxylic acids is 1. The molecule has 2 aromatic carbocycles. The van der Waals surface area contributed by atoms with E-state index in [2.05, 4.69) is 48.1 Å². The number of hydrogen-bond donors (Lipinski definition) is 2. The highest BCUT2D eigenvalue weighted by atomic mass is 32.2. The maximum Gasteiger partial charge on any atom is 0.256 e. The third-order valence-corrected chi connectivity index (χ3v) is 7.18. The molecule has 0 bridgehead atoms. The number of nitrogens with one attached hydrogen (secondary N) is 2. The molecule has 2 heterocycles. The molecule has 2 aromatic heterocycles. The van der Waals surface area contributed by atoms with Crippen molar-refractivity contribution in [3.63, 3.8) is 0 Å². The van der Waals surface area contributed by atoms with Crippen LogP contribution in [0.25, 0.3) is 11.4 Å². The lowest BCUT2D eigenvalue weighted by atomic mass is 9.83. The molecule has 0 unspecified atom stereocenters. The van der Waals surface area contributed by atoms with Crippen LogP contribution < -0.4 is 5.32 Å². The maximum absolute atomic E-state index is 14.5. The molecule has 5 rings (SSSR count). The SMILES string of the molecule is CSc1cc(-c2nn[nH]n2)ccc1C(=O)Nc1cc(C#Cc2nc(C3CCC3)cs2)ccc1F. The minimum atomic E-state index is -0.533. The molecule has 0 saturated heterocycles. The number of aromatic nitrogens is 5. The molecule has 0 spiro atoms. The van der Waals surface area contributed by atoms with E-state index in [4.69, 9.17) is 0 Å². The summed E-state index contributed by atoms with van der Waals surface area (Å²) in [6, 6.07) is 9.61. The van der Waals surface area contributed by atoms with Gasteiger partial charge < -0.3 is 5.32 Å². The van der Waals surface area contributed by atoms with E-state index in [9.17, 15) is 9.18 Å². The van der Waals surface area contributed by atoms with E-state index in [0.717, 1.165) is 16.3 Å². The van der Waals surface area contributed by atoms with Crippen molar-refractivity contribution in [1.29, 1.82) is 0 Å². The smallest absolute Gasteiger partial charge is 0.256 e. The number of carbonyl (C=O) groups is 1. The third-order valence-electron chi connectivity index (χ3n) is 5.62. The number of aromatic amines is 1. The molecule has 1 saturated carbocycles. The lowest BCUT2D eigenvalue weighted by Crippen LogP contribution is -2.14. The van der Waals surface area contributed by atoms with Crippen molar-refractivity contribution in [2.45, 2.75) is 30.1 Å². The topological polar surface area (TPSA) is 96.5 Å². The van der Waals surface area contributed by atoms with Gasteiger partial charge in [-0.1, -0.05) is 18.4 Å². The Balaban J connectivity index is 1.34. The van der Waals surface area contributed by atoms with Gasteiger partial charge in [0.1, 0.15) is 5.82 Å². The van der Waals surface area contributed by atoms with Crippen LogP contribution in [0.4, 0.5) is 10.1 Å². The lowest BCUT2D eigenvalue weighted by Gasteiger charge is -2.22. The van der Waals surface area contributed by atoms with Gasteiger partial charge in [0.2, 0.25) is 5.82 Å². The fraction of sp³-hybridized carbons (Fsp3) is 0.208. The fourth-order valence-electron chi connectivity index (χ4n) is 3.55. The van der Waals surface area contributed by atoms with Crippen LogP contribution >= 0.6 is 23.1 Å². The number of anilines is 1. The Morgan fingerprint density at radius 3 is 2.85 bits per heavy atom. The van der Waals surface area contributed by atoms with Crippen LogP contribution in [0.5, 0.6) is 0 Å². The predicted molar refractivity (Wildman–Crippen MR) is 130 cm³/mol. The summed E-state index contributed by atoms with van der Waals surface area (Å²) in [5.74, 6) is 6.12. The first-order valence-corrected chi connectivity index (χ1v) is 12.7. The van der Waals surface area contributed by atoms with Gasteiger partial charge in [-0.25, -0.2) is 9.37 Å². The number of hydrogen-bond acceptors (Lipinski definition) is 7. The first-order valence-electron chi connectivity index (χ1n) is 10.6. The van der Waals surface area contributed by atoms with Crippen molar-refractivity contribution in [3.05, 3.63) is 69.4 Å². The maximum atomic E-state index is 14.5. The summed E-state index contributed by atoms with van der Waals surface area (Å²) in [5.41, 5.74) is 2.92. The van der Waals surface area contributed by atoms with Gasteiger partial charge in [-0.15, -0.1) is 33.3 Å². The summed E-state index contributed by atoms with van der Waals surface area (Å²) in [6.45, 7) is 0. The number of halogens is 1. The number of benzene rings is 2. The van der Waals surface area contributed by atoms with E-state index in [1.165, 1.54) is 54.5 Å². The zero-order chi connectivity index (χ0) is 23.5. The Kier molecular flexibility index (Phi) is 6.38. The molecule has 34 heavy (non-hydrogen) atoms. The van der Waals surface area contributed by atoms with Gasteiger partial charge >= 0.3 is 0 Å². The van der Waals surface area contributed by atoms with Crippen LogP contribution in [0.1, 0.15) is 51.8 Å². The zero-order valence-electron chi connectivity index (χ0n) is 18.1. The fourth-order valence-corrected chi connectivity index (χ4v) is 4.92. The van der Waals surface area contributed by atoms with Crippen LogP contribution in [0.3, 0.4) is 0 Å². The molecule has 4 aromatic rings. The van der Waals surface area contributed by atoms with Crippen molar-refractivity contribution >= 4 is 34.7 Å². The molecule has 1 aliphatic carbocycles. The zero-order valence-corrected chi connectivity index (χ0v) is 19.8. The highest BCUT2D eigenvalue weighted by molar-refractivity contribution is 7.98. The largest absolute Gasteiger partial charge is 0.319 e. The molecule has 1 amide bonds. The number of H-pyrrole nitrogens is 1. The predicted octanol–water partition coefficient (Wildman–Crippen LogP) is 5.10. The van der Waals surface area contributed by atoms with Crippen LogP contribution in [-0.4, -0.2) is 37.8 Å². The second-order valence-corrected chi connectivity index (χ2v) is 9.46. The number of thioether (sulfide) groups is 1. The van der Waals surface area contributed by atoms with E-state index in [1.807, 2.05) is 6.26 Å². The lowest BCUT2D eigenvalue weighted by molar-refractivity contribution is 0.102. The monoisotopic (exact) mass is 490 g/mol. The average Bonchev–Trinajstić information content (AvgIpc) is 3.51. The van der Waals surface area contributed by atoms with Crippen molar-refractivity contribution in [2.24, 2.45) is 0 Å². The van der Waals surface area contributed by atoms with Crippen molar-refractivity contribution < 1.29 is 9.18 Å². The summed E-state index contributed by atoms with van der Waals surface area (Å²) in [7, 11) is 0. The van der Waals surface area contributed by atoms with Gasteiger partial charge in [-0.3, -0.25) is 4.79 Å². The van der Waals surface area contributed by atoms with Crippen LogP contribution in [0, 0.1) is 17.7 Å². The van der Waals surface area contributed by atoms with Gasteiger partial charge in [0, 0.05) is 27.3 Å². The summed E-state index contributed by atoms with van der Waals surface area (Å²) >= 11 is 2.92. The molecule has 170 valence electrons. The van der Waals surface area contributed by atoms with Crippen molar-refractivity contribution in [3.8, 4) is 23.2 Å². The number of nitrogens with zero attached hydrogens (tertiary/aromatic N) is 4. The molecular weight excluding hydrogens is 471 g/mol. The normalized spacial score (nSPS) is 13.1. The minimum absolute atomic E-state index is 0.0698. The molecule has 1 fully saturated rings. The van der Waals surface area contributed by atoms with Crippen LogP contribution in [-0.2, 0) is 0 Å². The second kappa shape index (κ2) is 9.75. The highest BCUT2D eigenvalue weighted by Gasteiger charge is 2.21. The van der Waals surface area contributed by atoms with Crippen LogP contribution in [0.2, 0.25) is 0 Å². The summed E-state index contributed by atoms with van der Waals surface area (Å²) < 4.78 is 14.5. The summed E-state index contributed by atoms with van der Waals surface area (Å²) in [4.78, 5) is 18.3. The molecule has 0 radical (unpaired) electrons. The molecular formula is C24H19FN6OS2. The van der Waals surface area contributed by atoms with E-state index >= 15 is 0 Å². The van der Waals surface area contributed by atoms with E-state index in [1.54, 1.807) is 24.3 Å². The molecule has 7 nitrogen and oxygen atoms in total. The highest BCUT2D eigenvalue weighted by Crippen LogP contribution is 2.36. The second-order valence-electron chi connectivity index (χ2n) is 7.75. The number of tetrazole rings is 1. The van der Waals surface area contributed by atoms with Gasteiger partial charge in [-0.2, -0.15) is 5.21 Å². The van der Waals surface area contributed by atoms with E-state index in [-0.39, 0.29) is 5.69 Å². The molecule has 1 aliphatic rings. The van der Waals surface area contributed by atoms with E-state index < -0.39 is 11.7 Å². The Hall–Kier alpha value is -3.55.